The number of ether oxygens (including phenoxy) is 3. The Bertz CT molecular complexity index is 1320. The summed E-state index contributed by atoms with van der Waals surface area (Å²) in [4.78, 5) is 37.9. The van der Waals surface area contributed by atoms with E-state index in [9.17, 15) is 14.4 Å². The number of hydrogen-bond donors (Lipinski definition) is 0. The van der Waals surface area contributed by atoms with Gasteiger partial charge in [0.05, 0.1) is 0 Å². The zero-order valence-corrected chi connectivity index (χ0v) is 47.0. The van der Waals surface area contributed by atoms with Gasteiger partial charge in [-0.1, -0.05) is 267 Å². The van der Waals surface area contributed by atoms with Gasteiger partial charge in [0.15, 0.2) is 6.10 Å². The SMILES string of the molecule is CC/C=C\C/C=C\C/C=C\C/C=C\CCCCC(=O)OC(COC(=O)CCCCCCCCC)COC(=O)CCCCCCCCCCCCCCCCCCCCC/C=C\C/C=C\CCCCCCC. The van der Waals surface area contributed by atoms with Crippen molar-refractivity contribution in [1.29, 1.82) is 0 Å². The van der Waals surface area contributed by atoms with Gasteiger partial charge < -0.3 is 14.2 Å². The zero-order valence-electron chi connectivity index (χ0n) is 47.0. The lowest BCUT2D eigenvalue weighted by Gasteiger charge is -2.18. The van der Waals surface area contributed by atoms with E-state index in [4.69, 9.17) is 14.2 Å². The Morgan fingerprint density at radius 2 is 0.549 bits per heavy atom. The van der Waals surface area contributed by atoms with Crippen LogP contribution in [0, 0.1) is 0 Å². The Balaban J connectivity index is 4.04. The van der Waals surface area contributed by atoms with Crippen molar-refractivity contribution in [2.45, 2.75) is 309 Å². The van der Waals surface area contributed by atoms with Gasteiger partial charge in [-0.2, -0.15) is 0 Å². The largest absolute Gasteiger partial charge is 0.462 e. The van der Waals surface area contributed by atoms with Crippen molar-refractivity contribution in [1.82, 2.24) is 0 Å². The maximum atomic E-state index is 12.8. The average Bonchev–Trinajstić information content (AvgIpc) is 3.37. The standard InChI is InChI=1S/C65H114O6/c1-4-7-10-13-16-18-20-22-24-25-26-27-28-29-30-31-32-33-34-35-36-37-38-39-41-42-44-46-49-52-55-58-64(67)70-61-62(60-69-63(66)57-54-51-48-15-12-9-6-3)71-65(68)59-56-53-50-47-45-43-40-23-21-19-17-14-11-8-5-2/h8,11,17,19-20,22-23,25-26,40,45,47,62H,4-7,9-10,12-16,18,21,24,27-39,41-44,46,48-61H2,1-3H3/b11-8-,19-17-,22-20-,26-25-,40-23-,47-45-. The molecule has 0 aliphatic carbocycles. The predicted molar refractivity (Wildman–Crippen MR) is 307 cm³/mol. The van der Waals surface area contributed by atoms with Gasteiger partial charge >= 0.3 is 17.9 Å². The first-order valence-corrected chi connectivity index (χ1v) is 30.4. The molecular formula is C65H114O6. The summed E-state index contributed by atoms with van der Waals surface area (Å²) in [6, 6.07) is 0. The molecule has 0 rings (SSSR count). The van der Waals surface area contributed by atoms with E-state index in [0.29, 0.717) is 19.3 Å². The van der Waals surface area contributed by atoms with Gasteiger partial charge in [-0.25, -0.2) is 0 Å². The quantitative estimate of drug-likeness (QED) is 0.0261. The summed E-state index contributed by atoms with van der Waals surface area (Å²) in [5.74, 6) is -0.929. The summed E-state index contributed by atoms with van der Waals surface area (Å²) in [6.07, 6.45) is 76.6. The van der Waals surface area contributed by atoms with Gasteiger partial charge in [-0.15, -0.1) is 0 Å². The molecule has 0 saturated carbocycles. The second-order valence-electron chi connectivity index (χ2n) is 20.2. The lowest BCUT2D eigenvalue weighted by Crippen LogP contribution is -2.30. The van der Waals surface area contributed by atoms with Crippen LogP contribution in [0.5, 0.6) is 0 Å². The Morgan fingerprint density at radius 1 is 0.296 bits per heavy atom. The molecule has 6 heteroatoms. The minimum absolute atomic E-state index is 0.0892. The fraction of sp³-hybridized carbons (Fsp3) is 0.769. The summed E-state index contributed by atoms with van der Waals surface area (Å²) < 4.78 is 16.7. The highest BCUT2D eigenvalue weighted by molar-refractivity contribution is 5.71. The maximum absolute atomic E-state index is 12.8. The molecule has 0 fully saturated rings. The zero-order chi connectivity index (χ0) is 51.4. The molecule has 71 heavy (non-hydrogen) atoms. The number of allylic oxidation sites excluding steroid dienone is 12. The second-order valence-corrected chi connectivity index (χ2v) is 20.2. The molecule has 6 nitrogen and oxygen atoms in total. The fourth-order valence-corrected chi connectivity index (χ4v) is 8.64. The van der Waals surface area contributed by atoms with Crippen molar-refractivity contribution in [3.05, 3.63) is 72.9 Å². The first kappa shape index (κ1) is 67.8. The van der Waals surface area contributed by atoms with Gasteiger partial charge in [-0.3, -0.25) is 14.4 Å². The van der Waals surface area contributed by atoms with E-state index in [1.165, 1.54) is 173 Å². The Hall–Kier alpha value is -3.15. The highest BCUT2D eigenvalue weighted by Gasteiger charge is 2.19. The van der Waals surface area contributed by atoms with E-state index < -0.39 is 6.10 Å². The number of rotatable bonds is 55. The molecule has 0 bridgehead atoms. The van der Waals surface area contributed by atoms with Crippen LogP contribution >= 0.6 is 0 Å². The van der Waals surface area contributed by atoms with E-state index in [2.05, 4.69) is 93.7 Å². The van der Waals surface area contributed by atoms with Gasteiger partial charge in [0.2, 0.25) is 0 Å². The summed E-state index contributed by atoms with van der Waals surface area (Å²) in [5.41, 5.74) is 0. The molecule has 0 aromatic rings. The third-order valence-electron chi connectivity index (χ3n) is 13.2. The number of unbranched alkanes of at least 4 members (excludes halogenated alkanes) is 32. The van der Waals surface area contributed by atoms with Crippen LogP contribution < -0.4 is 0 Å². The molecule has 410 valence electrons. The van der Waals surface area contributed by atoms with E-state index in [0.717, 1.165) is 83.5 Å². The molecule has 0 saturated heterocycles. The summed E-state index contributed by atoms with van der Waals surface area (Å²) in [7, 11) is 0. The number of hydrogen-bond acceptors (Lipinski definition) is 6. The average molecular weight is 992 g/mol. The van der Waals surface area contributed by atoms with Gasteiger partial charge in [0.25, 0.3) is 0 Å². The van der Waals surface area contributed by atoms with Crippen molar-refractivity contribution >= 4 is 17.9 Å². The van der Waals surface area contributed by atoms with Gasteiger partial charge in [0, 0.05) is 19.3 Å². The molecule has 0 aromatic heterocycles. The minimum atomic E-state index is -0.792. The monoisotopic (exact) mass is 991 g/mol. The Morgan fingerprint density at radius 3 is 0.887 bits per heavy atom. The predicted octanol–water partition coefficient (Wildman–Crippen LogP) is 20.5. The van der Waals surface area contributed by atoms with E-state index in [-0.39, 0.29) is 37.5 Å². The van der Waals surface area contributed by atoms with Crippen molar-refractivity contribution in [2.24, 2.45) is 0 Å². The van der Waals surface area contributed by atoms with Crippen molar-refractivity contribution in [3.63, 3.8) is 0 Å². The van der Waals surface area contributed by atoms with Crippen LogP contribution in [0.2, 0.25) is 0 Å². The molecule has 0 spiro atoms. The van der Waals surface area contributed by atoms with Crippen molar-refractivity contribution in [3.8, 4) is 0 Å². The van der Waals surface area contributed by atoms with Crippen LogP contribution in [0.1, 0.15) is 303 Å². The molecule has 0 aromatic carbocycles. The van der Waals surface area contributed by atoms with E-state index in [1.807, 2.05) is 0 Å². The molecule has 0 radical (unpaired) electrons. The fourth-order valence-electron chi connectivity index (χ4n) is 8.64. The van der Waals surface area contributed by atoms with Crippen LogP contribution in [0.25, 0.3) is 0 Å². The lowest BCUT2D eigenvalue weighted by molar-refractivity contribution is -0.167. The molecule has 0 aliphatic rings. The third kappa shape index (κ3) is 57.6. The summed E-state index contributed by atoms with van der Waals surface area (Å²) in [5, 5.41) is 0. The molecule has 1 atom stereocenters. The molecule has 0 amide bonds. The highest BCUT2D eigenvalue weighted by Crippen LogP contribution is 2.17. The summed E-state index contributed by atoms with van der Waals surface area (Å²) in [6.45, 7) is 6.46. The van der Waals surface area contributed by atoms with Crippen LogP contribution in [-0.2, 0) is 28.6 Å². The van der Waals surface area contributed by atoms with Crippen LogP contribution in [0.4, 0.5) is 0 Å². The topological polar surface area (TPSA) is 78.9 Å². The maximum Gasteiger partial charge on any atom is 0.306 e. The Kier molecular flexibility index (Phi) is 56.8. The van der Waals surface area contributed by atoms with Crippen LogP contribution in [0.15, 0.2) is 72.9 Å². The van der Waals surface area contributed by atoms with E-state index >= 15 is 0 Å². The molecule has 0 N–H and O–H groups in total. The highest BCUT2D eigenvalue weighted by atomic mass is 16.6. The number of esters is 3. The molecule has 0 aliphatic heterocycles. The molecule has 1 unspecified atom stereocenters. The van der Waals surface area contributed by atoms with Crippen molar-refractivity contribution < 1.29 is 28.6 Å². The Labute approximate surface area is 440 Å². The first-order valence-electron chi connectivity index (χ1n) is 30.4. The van der Waals surface area contributed by atoms with Crippen molar-refractivity contribution in [2.75, 3.05) is 13.2 Å². The first-order chi connectivity index (χ1) is 35.0. The van der Waals surface area contributed by atoms with Crippen LogP contribution in [0.3, 0.4) is 0 Å². The second kappa shape index (κ2) is 59.4. The van der Waals surface area contributed by atoms with Crippen LogP contribution in [-0.4, -0.2) is 37.2 Å². The summed E-state index contributed by atoms with van der Waals surface area (Å²) >= 11 is 0. The van der Waals surface area contributed by atoms with Gasteiger partial charge in [-0.05, 0) is 89.9 Å². The normalized spacial score (nSPS) is 12.5. The number of carbonyl (C=O) groups excluding carboxylic acids is 3. The minimum Gasteiger partial charge on any atom is -0.462 e. The molecular weight excluding hydrogens is 877 g/mol. The lowest BCUT2D eigenvalue weighted by atomic mass is 10.0. The van der Waals surface area contributed by atoms with Gasteiger partial charge in [0.1, 0.15) is 13.2 Å². The third-order valence-corrected chi connectivity index (χ3v) is 13.2. The molecule has 0 heterocycles. The number of carbonyl (C=O) groups is 3. The smallest absolute Gasteiger partial charge is 0.306 e. The van der Waals surface area contributed by atoms with E-state index in [1.54, 1.807) is 0 Å².